The van der Waals surface area contributed by atoms with E-state index in [2.05, 4.69) is 5.32 Å². The molecule has 0 amide bonds. The Kier molecular flexibility index (Phi) is 7.25. The summed E-state index contributed by atoms with van der Waals surface area (Å²) in [7, 11) is 5.61. The number of hydrogen-bond acceptors (Lipinski definition) is 5. The molecule has 1 aromatic carbocycles. The number of rotatable bonds is 9. The van der Waals surface area contributed by atoms with Crippen LogP contribution in [-0.4, -0.2) is 58.8 Å². The molecule has 0 aromatic heterocycles. The number of nitrogens with zero attached hydrogens (tertiary/aromatic N) is 1. The van der Waals surface area contributed by atoms with E-state index in [9.17, 15) is 5.11 Å². The summed E-state index contributed by atoms with van der Waals surface area (Å²) in [5.41, 5.74) is 2.10. The molecule has 0 aliphatic carbocycles. The molecule has 0 saturated heterocycles. The highest BCUT2D eigenvalue weighted by Gasteiger charge is 2.07. The topological polar surface area (TPSA) is 54.0 Å². The van der Waals surface area contributed by atoms with Gasteiger partial charge in [0, 0.05) is 27.7 Å². The minimum atomic E-state index is -0.535. The van der Waals surface area contributed by atoms with Crippen LogP contribution in [0, 0.1) is 0 Å². The Morgan fingerprint density at radius 1 is 1.26 bits per heavy atom. The van der Waals surface area contributed by atoms with Gasteiger partial charge in [-0.25, -0.2) is 0 Å². The second kappa shape index (κ2) is 8.74. The van der Waals surface area contributed by atoms with Crippen LogP contribution >= 0.6 is 0 Å². The van der Waals surface area contributed by atoms with E-state index in [1.165, 1.54) is 0 Å². The van der Waals surface area contributed by atoms with Gasteiger partial charge >= 0.3 is 0 Å². The molecule has 1 rings (SSSR count). The lowest BCUT2D eigenvalue weighted by molar-refractivity contribution is 0.0182. The van der Waals surface area contributed by atoms with Gasteiger partial charge in [0.15, 0.2) is 0 Å². The van der Waals surface area contributed by atoms with Crippen LogP contribution in [0.25, 0.3) is 0 Å². The first kappa shape index (κ1) is 15.8. The third-order valence-corrected chi connectivity index (χ3v) is 2.66. The van der Waals surface area contributed by atoms with Gasteiger partial charge in [-0.1, -0.05) is 12.1 Å². The second-order valence-electron chi connectivity index (χ2n) is 4.51. The van der Waals surface area contributed by atoms with Gasteiger partial charge in [0.05, 0.1) is 37.3 Å². The predicted molar refractivity (Wildman–Crippen MR) is 78.0 cm³/mol. The molecule has 5 heteroatoms. The Morgan fingerprint density at radius 3 is 2.68 bits per heavy atom. The SMILES string of the molecule is COCCOCC(O)CNc1ccccc1N(C)C. The van der Waals surface area contributed by atoms with Crippen molar-refractivity contribution in [3.8, 4) is 0 Å². The Hall–Kier alpha value is -1.30. The van der Waals surface area contributed by atoms with E-state index in [1.54, 1.807) is 7.11 Å². The van der Waals surface area contributed by atoms with Crippen LogP contribution in [0.1, 0.15) is 0 Å². The fourth-order valence-electron chi connectivity index (χ4n) is 1.66. The zero-order valence-electron chi connectivity index (χ0n) is 11.9. The smallest absolute Gasteiger partial charge is 0.0945 e. The zero-order chi connectivity index (χ0) is 14.1. The molecule has 0 aliphatic rings. The number of anilines is 2. The van der Waals surface area contributed by atoms with Crippen molar-refractivity contribution in [2.24, 2.45) is 0 Å². The number of hydrogen-bond donors (Lipinski definition) is 2. The maximum Gasteiger partial charge on any atom is 0.0945 e. The molecule has 0 fully saturated rings. The van der Waals surface area contributed by atoms with Crippen LogP contribution in [-0.2, 0) is 9.47 Å². The summed E-state index contributed by atoms with van der Waals surface area (Å²) < 4.78 is 10.1. The summed E-state index contributed by atoms with van der Waals surface area (Å²) in [6.45, 7) is 1.81. The Balaban J connectivity index is 2.35. The van der Waals surface area contributed by atoms with Crippen molar-refractivity contribution in [2.45, 2.75) is 6.10 Å². The van der Waals surface area contributed by atoms with Crippen LogP contribution in [0.3, 0.4) is 0 Å². The first-order chi connectivity index (χ1) is 9.15. The van der Waals surface area contributed by atoms with Crippen molar-refractivity contribution in [1.29, 1.82) is 0 Å². The second-order valence-corrected chi connectivity index (χ2v) is 4.51. The quantitative estimate of drug-likeness (QED) is 0.659. The summed E-state index contributed by atoms with van der Waals surface area (Å²) in [5.74, 6) is 0. The lowest BCUT2D eigenvalue weighted by atomic mass is 10.2. The summed E-state index contributed by atoms with van der Waals surface area (Å²) in [4.78, 5) is 2.03. The molecule has 1 aromatic rings. The standard InChI is InChI=1S/C14H24N2O3/c1-16(2)14-7-5-4-6-13(14)15-10-12(17)11-19-9-8-18-3/h4-7,12,15,17H,8-11H2,1-3H3. The molecule has 19 heavy (non-hydrogen) atoms. The van der Waals surface area contributed by atoms with Crippen LogP contribution in [0.4, 0.5) is 11.4 Å². The van der Waals surface area contributed by atoms with Gasteiger partial charge in [-0.15, -0.1) is 0 Å². The van der Waals surface area contributed by atoms with Gasteiger partial charge in [0.1, 0.15) is 0 Å². The summed E-state index contributed by atoms with van der Waals surface area (Å²) >= 11 is 0. The highest BCUT2D eigenvalue weighted by molar-refractivity contribution is 5.69. The number of benzene rings is 1. The van der Waals surface area contributed by atoms with E-state index in [1.807, 2.05) is 43.3 Å². The number of aliphatic hydroxyl groups excluding tert-OH is 1. The molecular weight excluding hydrogens is 244 g/mol. The molecule has 0 saturated carbocycles. The van der Waals surface area contributed by atoms with E-state index in [4.69, 9.17) is 9.47 Å². The Labute approximate surface area is 115 Å². The maximum absolute atomic E-state index is 9.80. The van der Waals surface area contributed by atoms with E-state index >= 15 is 0 Å². The van der Waals surface area contributed by atoms with Crippen molar-refractivity contribution >= 4 is 11.4 Å². The molecular formula is C14H24N2O3. The average Bonchev–Trinajstić information content (AvgIpc) is 2.41. The Morgan fingerprint density at radius 2 is 2.00 bits per heavy atom. The fourth-order valence-corrected chi connectivity index (χ4v) is 1.66. The van der Waals surface area contributed by atoms with Crippen molar-refractivity contribution in [3.05, 3.63) is 24.3 Å². The van der Waals surface area contributed by atoms with Crippen molar-refractivity contribution < 1.29 is 14.6 Å². The third-order valence-electron chi connectivity index (χ3n) is 2.66. The van der Waals surface area contributed by atoms with Gasteiger partial charge in [-0.2, -0.15) is 0 Å². The predicted octanol–water partition coefficient (Wildman–Crippen LogP) is 1.19. The van der Waals surface area contributed by atoms with Crippen LogP contribution in [0.15, 0.2) is 24.3 Å². The highest BCUT2D eigenvalue weighted by Crippen LogP contribution is 2.23. The van der Waals surface area contributed by atoms with E-state index in [0.717, 1.165) is 11.4 Å². The number of methoxy groups -OCH3 is 1. The molecule has 0 aliphatic heterocycles. The van der Waals surface area contributed by atoms with E-state index in [-0.39, 0.29) is 0 Å². The molecule has 2 N–H and O–H groups in total. The van der Waals surface area contributed by atoms with E-state index in [0.29, 0.717) is 26.4 Å². The number of nitrogens with one attached hydrogen (secondary N) is 1. The molecule has 1 unspecified atom stereocenters. The van der Waals surface area contributed by atoms with E-state index < -0.39 is 6.10 Å². The fraction of sp³-hybridized carbons (Fsp3) is 0.571. The lowest BCUT2D eigenvalue weighted by Crippen LogP contribution is -2.26. The summed E-state index contributed by atoms with van der Waals surface area (Å²) in [6.07, 6.45) is -0.535. The summed E-state index contributed by atoms with van der Waals surface area (Å²) in [6, 6.07) is 7.99. The number of aliphatic hydroxyl groups is 1. The van der Waals surface area contributed by atoms with Crippen LogP contribution in [0.2, 0.25) is 0 Å². The molecule has 108 valence electrons. The van der Waals surface area contributed by atoms with Gasteiger partial charge < -0.3 is 24.8 Å². The molecule has 0 radical (unpaired) electrons. The van der Waals surface area contributed by atoms with Crippen molar-refractivity contribution in [2.75, 3.05) is 57.8 Å². The normalized spacial score (nSPS) is 12.2. The first-order valence-electron chi connectivity index (χ1n) is 6.40. The molecule has 0 spiro atoms. The Bertz CT molecular complexity index is 358. The van der Waals surface area contributed by atoms with Crippen LogP contribution < -0.4 is 10.2 Å². The average molecular weight is 268 g/mol. The van der Waals surface area contributed by atoms with Gasteiger partial charge in [0.2, 0.25) is 0 Å². The maximum atomic E-state index is 9.80. The van der Waals surface area contributed by atoms with Crippen molar-refractivity contribution in [1.82, 2.24) is 0 Å². The molecule has 5 nitrogen and oxygen atoms in total. The minimum absolute atomic E-state index is 0.306. The summed E-state index contributed by atoms with van der Waals surface area (Å²) in [5, 5.41) is 13.0. The molecule has 1 atom stereocenters. The number of para-hydroxylation sites is 2. The number of ether oxygens (including phenoxy) is 2. The molecule has 0 bridgehead atoms. The highest BCUT2D eigenvalue weighted by atomic mass is 16.5. The zero-order valence-corrected chi connectivity index (χ0v) is 11.9. The lowest BCUT2D eigenvalue weighted by Gasteiger charge is -2.19. The minimum Gasteiger partial charge on any atom is -0.389 e. The van der Waals surface area contributed by atoms with Gasteiger partial charge in [-0.3, -0.25) is 0 Å². The largest absolute Gasteiger partial charge is 0.389 e. The van der Waals surface area contributed by atoms with Gasteiger partial charge in [-0.05, 0) is 12.1 Å². The first-order valence-corrected chi connectivity index (χ1v) is 6.40. The third kappa shape index (κ3) is 5.92. The monoisotopic (exact) mass is 268 g/mol. The van der Waals surface area contributed by atoms with Crippen LogP contribution in [0.5, 0.6) is 0 Å². The molecule has 0 heterocycles. The van der Waals surface area contributed by atoms with Gasteiger partial charge in [0.25, 0.3) is 0 Å². The van der Waals surface area contributed by atoms with Crippen molar-refractivity contribution in [3.63, 3.8) is 0 Å².